The molecule has 278 valence electrons. The van der Waals surface area contributed by atoms with Crippen molar-refractivity contribution < 1.29 is 27.3 Å². The Labute approximate surface area is 310 Å². The Morgan fingerprint density at radius 1 is 1.00 bits per heavy atom. The molecule has 1 aromatic heterocycles. The summed E-state index contributed by atoms with van der Waals surface area (Å²) in [6.07, 6.45) is 3.78. The standard InChI is InChI=1S/C41H47N5O6S/c1-5-7-12-29-42-40(15-17-45(18-16-40)39(48)41-34-31-30-32(34)36(41)33(30)35(31)41)38(47)46(29)20-24-13-14-26(25(19-24)21-51-6-2)27-10-8-9-11-28(27)53(49,50)44-37-22(3)23(4)52-43-37/h8-11,13-14,19,30-36H,5-7,12,15-18,20-21H2,1-4H3,(H,43,44). The number of anilines is 1. The maximum atomic E-state index is 14.4. The first-order valence-corrected chi connectivity index (χ1v) is 21.0. The molecule has 0 unspecified atom stereocenters. The minimum Gasteiger partial charge on any atom is -0.377 e. The molecule has 3 heterocycles. The van der Waals surface area contributed by atoms with Crippen LogP contribution < -0.4 is 4.72 Å². The zero-order valence-corrected chi connectivity index (χ0v) is 31.6. The van der Waals surface area contributed by atoms with Crippen molar-refractivity contribution in [3.05, 3.63) is 64.9 Å². The van der Waals surface area contributed by atoms with Crippen molar-refractivity contribution in [3.63, 3.8) is 0 Å². The average Bonchev–Trinajstić information content (AvgIpc) is 3.62. The van der Waals surface area contributed by atoms with Gasteiger partial charge in [0.25, 0.3) is 15.9 Å². The second-order valence-electron chi connectivity index (χ2n) is 16.6. The lowest BCUT2D eigenvalue weighted by atomic mass is 8.96. The van der Waals surface area contributed by atoms with Gasteiger partial charge < -0.3 is 14.2 Å². The fourth-order valence-corrected chi connectivity index (χ4v) is 13.4. The highest BCUT2D eigenvalue weighted by Crippen LogP contribution is 3.06. The van der Waals surface area contributed by atoms with Gasteiger partial charge in [-0.2, -0.15) is 0 Å². The molecule has 0 radical (unpaired) electrons. The molecule has 6 aliphatic carbocycles. The fourth-order valence-electron chi connectivity index (χ4n) is 12.1. The Morgan fingerprint density at radius 2 is 1.72 bits per heavy atom. The molecular formula is C41H47N5O6S. The van der Waals surface area contributed by atoms with E-state index >= 15 is 0 Å². The van der Waals surface area contributed by atoms with E-state index in [0.29, 0.717) is 79.6 Å². The number of nitrogens with one attached hydrogen (secondary N) is 1. The first kappa shape index (κ1) is 33.5. The van der Waals surface area contributed by atoms with Crippen molar-refractivity contribution in [2.75, 3.05) is 24.4 Å². The quantitative estimate of drug-likeness (QED) is 0.229. The average molecular weight is 738 g/mol. The molecule has 1 N–H and O–H groups in total. The molecule has 7 fully saturated rings. The van der Waals surface area contributed by atoms with Crippen LogP contribution in [0.3, 0.4) is 0 Å². The van der Waals surface area contributed by atoms with E-state index in [1.165, 1.54) is 0 Å². The molecular weight excluding hydrogens is 691 g/mol. The van der Waals surface area contributed by atoms with E-state index in [4.69, 9.17) is 14.3 Å². The topological polar surface area (TPSA) is 134 Å². The summed E-state index contributed by atoms with van der Waals surface area (Å²) >= 11 is 0. The Morgan fingerprint density at radius 3 is 2.38 bits per heavy atom. The molecule has 3 aromatic rings. The van der Waals surface area contributed by atoms with Crippen LogP contribution in [0.15, 0.2) is 56.9 Å². The first-order valence-electron chi connectivity index (χ1n) is 19.5. The summed E-state index contributed by atoms with van der Waals surface area (Å²) in [4.78, 5) is 37.7. The summed E-state index contributed by atoms with van der Waals surface area (Å²) in [5.41, 5.74) is 2.80. The van der Waals surface area contributed by atoms with Gasteiger partial charge in [0.2, 0.25) is 5.91 Å². The smallest absolute Gasteiger partial charge is 0.263 e. The molecule has 0 atom stereocenters. The molecule has 12 heteroatoms. The maximum Gasteiger partial charge on any atom is 0.263 e. The largest absolute Gasteiger partial charge is 0.377 e. The Kier molecular flexibility index (Phi) is 7.27. The fraction of sp³-hybridized carbons (Fsp3) is 0.561. The number of ether oxygens (including phenoxy) is 1. The predicted octanol–water partition coefficient (Wildman–Crippen LogP) is 5.96. The van der Waals surface area contributed by atoms with Crippen LogP contribution in [-0.2, 0) is 37.5 Å². The summed E-state index contributed by atoms with van der Waals surface area (Å²) in [7, 11) is -4.03. The molecule has 8 aliphatic rings. The van der Waals surface area contributed by atoms with Crippen molar-refractivity contribution in [1.29, 1.82) is 0 Å². The number of carbonyl (C=O) groups excluding carboxylic acids is 2. The molecule has 53 heavy (non-hydrogen) atoms. The number of aryl methyl sites for hydroxylation is 1. The zero-order valence-electron chi connectivity index (χ0n) is 30.8. The Bertz CT molecular complexity index is 2150. The first-order chi connectivity index (χ1) is 25.6. The molecule has 1 spiro atoms. The van der Waals surface area contributed by atoms with Gasteiger partial charge in [0.1, 0.15) is 17.1 Å². The molecule has 11 rings (SSSR count). The van der Waals surface area contributed by atoms with E-state index in [2.05, 4.69) is 21.7 Å². The number of hydrogen-bond donors (Lipinski definition) is 1. The second-order valence-corrected chi connectivity index (χ2v) is 18.3. The van der Waals surface area contributed by atoms with Crippen LogP contribution in [0.5, 0.6) is 0 Å². The lowest BCUT2D eigenvalue weighted by Gasteiger charge is -3.06. The minimum atomic E-state index is -4.03. The zero-order chi connectivity index (χ0) is 36.6. The lowest BCUT2D eigenvalue weighted by molar-refractivity contribution is -0.597. The van der Waals surface area contributed by atoms with Gasteiger partial charge in [-0.25, -0.2) is 8.42 Å². The van der Waals surface area contributed by atoms with Crippen LogP contribution in [0.2, 0.25) is 0 Å². The third kappa shape index (κ3) is 4.22. The van der Waals surface area contributed by atoms with E-state index in [1.54, 1.807) is 32.0 Å². The number of aromatic nitrogens is 1. The Balaban J connectivity index is 0.893. The summed E-state index contributed by atoms with van der Waals surface area (Å²) in [6, 6.07) is 12.8. The number of likely N-dealkylation sites (tertiary alicyclic amines) is 1. The highest BCUT2D eigenvalue weighted by Gasteiger charge is 3.06. The highest BCUT2D eigenvalue weighted by molar-refractivity contribution is 7.92. The van der Waals surface area contributed by atoms with Crippen molar-refractivity contribution in [1.82, 2.24) is 15.0 Å². The number of hydrogen-bond acceptors (Lipinski definition) is 8. The minimum absolute atomic E-state index is 0.0116. The highest BCUT2D eigenvalue weighted by atomic mass is 32.2. The molecule has 6 saturated carbocycles. The third-order valence-electron chi connectivity index (χ3n) is 14.6. The van der Waals surface area contributed by atoms with Crippen LogP contribution in [0.25, 0.3) is 11.1 Å². The lowest BCUT2D eigenvalue weighted by Crippen LogP contribution is -3.07. The summed E-state index contributed by atoms with van der Waals surface area (Å²) in [5.74, 6) is 7.58. The molecule has 2 amide bonds. The number of nitrogens with zero attached hydrogens (tertiary/aromatic N) is 4. The van der Waals surface area contributed by atoms with Gasteiger partial charge in [0, 0.05) is 37.2 Å². The van der Waals surface area contributed by atoms with E-state index in [9.17, 15) is 18.0 Å². The van der Waals surface area contributed by atoms with Crippen LogP contribution >= 0.6 is 0 Å². The van der Waals surface area contributed by atoms with Gasteiger partial charge in [-0.3, -0.25) is 24.2 Å². The van der Waals surface area contributed by atoms with Crippen molar-refractivity contribution in [2.45, 2.75) is 83.4 Å². The maximum absolute atomic E-state index is 14.4. The van der Waals surface area contributed by atoms with Crippen molar-refractivity contribution in [3.8, 4) is 11.1 Å². The molecule has 2 aliphatic heterocycles. The van der Waals surface area contributed by atoms with Gasteiger partial charge in [0.15, 0.2) is 5.82 Å². The molecule has 0 bridgehead atoms. The van der Waals surface area contributed by atoms with Crippen LogP contribution in [0.4, 0.5) is 5.82 Å². The van der Waals surface area contributed by atoms with E-state index in [0.717, 1.165) is 65.5 Å². The Hall–Kier alpha value is -4.03. The van der Waals surface area contributed by atoms with Gasteiger partial charge in [-0.1, -0.05) is 54.9 Å². The van der Waals surface area contributed by atoms with E-state index in [1.807, 2.05) is 36.1 Å². The molecule has 2 aromatic carbocycles. The summed E-state index contributed by atoms with van der Waals surface area (Å²) < 4.78 is 41.2. The number of aliphatic imine (C=N–C) groups is 1. The molecule has 11 nitrogen and oxygen atoms in total. The summed E-state index contributed by atoms with van der Waals surface area (Å²) in [6.45, 7) is 9.87. The number of sulfonamides is 1. The SMILES string of the molecule is CCCCC1=NC2(CCN(C(=O)C34C5C6C7C5C3C7C64)CC2)C(=O)N1Cc1ccc(-c2ccccc2S(=O)(=O)Nc2noc(C)c2C)c(COCC)c1. The number of unbranched alkanes of at least 4 members (excludes halogenated alkanes) is 1. The summed E-state index contributed by atoms with van der Waals surface area (Å²) in [5, 5.41) is 3.91. The van der Waals surface area contributed by atoms with E-state index < -0.39 is 15.6 Å². The van der Waals surface area contributed by atoms with Crippen LogP contribution in [0.1, 0.15) is 68.4 Å². The van der Waals surface area contributed by atoms with Crippen molar-refractivity contribution in [2.24, 2.45) is 51.8 Å². The number of benzene rings is 2. The molecule has 1 saturated heterocycles. The van der Waals surface area contributed by atoms with Gasteiger partial charge >= 0.3 is 0 Å². The number of carbonyl (C=O) groups is 2. The van der Waals surface area contributed by atoms with Crippen molar-refractivity contribution >= 4 is 33.5 Å². The monoisotopic (exact) mass is 737 g/mol. The third-order valence-corrected chi connectivity index (χ3v) is 16.0. The number of rotatable bonds is 13. The predicted molar refractivity (Wildman–Crippen MR) is 197 cm³/mol. The second kappa shape index (κ2) is 11.5. The van der Waals surface area contributed by atoms with Crippen LogP contribution in [0, 0.1) is 60.7 Å². The van der Waals surface area contributed by atoms with Gasteiger partial charge in [-0.15, -0.1) is 0 Å². The number of piperidine rings is 1. The number of amidine groups is 1. The normalized spacial score (nSPS) is 32.0. The number of amides is 2. The van der Waals surface area contributed by atoms with Gasteiger partial charge in [0.05, 0.1) is 23.5 Å². The van der Waals surface area contributed by atoms with Gasteiger partial charge in [-0.05, 0) is 104 Å². The van der Waals surface area contributed by atoms with Crippen LogP contribution in [-0.4, -0.2) is 66.3 Å². The van der Waals surface area contributed by atoms with E-state index in [-0.39, 0.29) is 28.6 Å².